The average molecular weight is 450 g/mol. The van der Waals surface area contributed by atoms with Crippen LogP contribution in [-0.4, -0.2) is 35.4 Å². The summed E-state index contributed by atoms with van der Waals surface area (Å²) in [5.74, 6) is -0.447. The molecule has 0 bridgehead atoms. The Hall–Kier alpha value is -2.64. The molecule has 1 aliphatic heterocycles. The van der Waals surface area contributed by atoms with E-state index in [2.05, 4.69) is 4.98 Å². The number of aromatic hydroxyl groups is 1. The number of fused-ring (bicyclic) bond motifs is 1. The molecule has 2 aromatic rings. The molecule has 0 radical (unpaired) electrons. The van der Waals surface area contributed by atoms with Crippen molar-refractivity contribution < 1.29 is 28.5 Å². The Labute approximate surface area is 186 Å². The van der Waals surface area contributed by atoms with Crippen molar-refractivity contribution in [2.24, 2.45) is 11.8 Å². The Bertz CT molecular complexity index is 983. The lowest BCUT2D eigenvalue weighted by atomic mass is 9.71. The molecular formula is C23H25ClFNO5. The number of hydrogen-bond acceptors (Lipinski definition) is 6. The topological polar surface area (TPSA) is 77.9 Å². The molecular weight excluding hydrogens is 425 g/mol. The highest BCUT2D eigenvalue weighted by Gasteiger charge is 2.52. The number of aromatic nitrogens is 1. The van der Waals surface area contributed by atoms with E-state index in [1.807, 2.05) is 19.1 Å². The van der Waals surface area contributed by atoms with Crippen molar-refractivity contribution in [2.45, 2.75) is 31.8 Å². The molecule has 0 saturated carbocycles. The number of phenols is 1. The number of allylic oxidation sites excluding steroid dienone is 1. The summed E-state index contributed by atoms with van der Waals surface area (Å²) in [6.07, 6.45) is 6.26. The van der Waals surface area contributed by atoms with Gasteiger partial charge in [-0.3, -0.25) is 9.78 Å². The summed E-state index contributed by atoms with van der Waals surface area (Å²) in [6.45, 7) is 2.00. The number of rotatable bonds is 6. The molecule has 0 amide bonds. The van der Waals surface area contributed by atoms with Crippen LogP contribution in [0.1, 0.15) is 24.5 Å². The van der Waals surface area contributed by atoms with Crippen LogP contribution in [0, 0.1) is 17.7 Å². The fourth-order valence-corrected chi connectivity index (χ4v) is 4.39. The highest BCUT2D eigenvalue weighted by Crippen LogP contribution is 2.46. The number of halogens is 2. The average Bonchev–Trinajstić information content (AvgIpc) is 3.15. The lowest BCUT2D eigenvalue weighted by Gasteiger charge is -2.38. The normalized spacial score (nSPS) is 23.3. The standard InChI is InChI=1S/C23H24FNO5.ClH/c1-14(7-16-9-20(27)21(28-2)10-18(16)24)23-12-17(8-15-3-5-25-6-4-15)19(26)11-22(23)29-13-30-23;/h3-6,9-11,14,17,27H,7-8,12-13H2,1-2H3;1H/t14-,17-,23+;/m0./s1. The number of benzene rings is 1. The van der Waals surface area contributed by atoms with Gasteiger partial charge in [-0.05, 0) is 54.5 Å². The van der Waals surface area contributed by atoms with Gasteiger partial charge in [0.2, 0.25) is 0 Å². The van der Waals surface area contributed by atoms with Crippen LogP contribution in [0.5, 0.6) is 11.5 Å². The maximum Gasteiger partial charge on any atom is 0.189 e. The molecule has 166 valence electrons. The van der Waals surface area contributed by atoms with E-state index in [1.54, 1.807) is 12.4 Å². The lowest BCUT2D eigenvalue weighted by molar-refractivity contribution is -0.123. The predicted octanol–water partition coefficient (Wildman–Crippen LogP) is 3.99. The highest BCUT2D eigenvalue weighted by molar-refractivity contribution is 5.94. The summed E-state index contributed by atoms with van der Waals surface area (Å²) in [5, 5.41) is 10.1. The first-order chi connectivity index (χ1) is 14.4. The van der Waals surface area contributed by atoms with Crippen LogP contribution in [-0.2, 0) is 27.1 Å². The van der Waals surface area contributed by atoms with Crippen LogP contribution in [0.4, 0.5) is 4.39 Å². The van der Waals surface area contributed by atoms with Gasteiger partial charge in [0.05, 0.1) is 7.11 Å². The zero-order valence-electron chi connectivity index (χ0n) is 17.3. The molecule has 1 aliphatic carbocycles. The van der Waals surface area contributed by atoms with Gasteiger partial charge in [0.25, 0.3) is 0 Å². The third-order valence-electron chi connectivity index (χ3n) is 6.07. The van der Waals surface area contributed by atoms with Gasteiger partial charge in [-0.1, -0.05) is 6.92 Å². The van der Waals surface area contributed by atoms with Gasteiger partial charge in [0.1, 0.15) is 17.2 Å². The molecule has 1 N–H and O–H groups in total. The van der Waals surface area contributed by atoms with Crippen LogP contribution in [0.25, 0.3) is 0 Å². The Morgan fingerprint density at radius 3 is 2.81 bits per heavy atom. The predicted molar refractivity (Wildman–Crippen MR) is 114 cm³/mol. The molecule has 2 aliphatic rings. The van der Waals surface area contributed by atoms with E-state index in [4.69, 9.17) is 14.2 Å². The third kappa shape index (κ3) is 4.38. The van der Waals surface area contributed by atoms with Crippen molar-refractivity contribution in [3.63, 3.8) is 0 Å². The molecule has 2 heterocycles. The number of pyridine rings is 1. The Kier molecular flexibility index (Phi) is 6.86. The quantitative estimate of drug-likeness (QED) is 0.718. The molecule has 1 aromatic heterocycles. The van der Waals surface area contributed by atoms with Crippen molar-refractivity contribution in [3.8, 4) is 11.5 Å². The maximum absolute atomic E-state index is 14.6. The van der Waals surface area contributed by atoms with E-state index in [9.17, 15) is 14.3 Å². The first kappa shape index (κ1) is 23.0. The SMILES string of the molecule is COc1cc(F)c(C[C@H](C)[C@]23C[C@H](Cc4ccncc4)C(=O)C=C2OCO3)cc1O.Cl. The van der Waals surface area contributed by atoms with Crippen LogP contribution >= 0.6 is 12.4 Å². The van der Waals surface area contributed by atoms with Gasteiger partial charge in [-0.2, -0.15) is 0 Å². The minimum absolute atomic E-state index is 0. The summed E-state index contributed by atoms with van der Waals surface area (Å²) >= 11 is 0. The van der Waals surface area contributed by atoms with Crippen LogP contribution in [0.3, 0.4) is 0 Å². The fourth-order valence-electron chi connectivity index (χ4n) is 4.39. The second-order valence-corrected chi connectivity index (χ2v) is 7.89. The van der Waals surface area contributed by atoms with E-state index < -0.39 is 11.4 Å². The summed E-state index contributed by atoms with van der Waals surface area (Å²) in [5.41, 5.74) is 0.564. The number of methoxy groups -OCH3 is 1. The molecule has 3 atom stereocenters. The molecule has 1 saturated heterocycles. The van der Waals surface area contributed by atoms with Crippen LogP contribution in [0.15, 0.2) is 48.5 Å². The number of ether oxygens (including phenoxy) is 3. The van der Waals surface area contributed by atoms with E-state index in [1.165, 1.54) is 25.3 Å². The molecule has 1 aromatic carbocycles. The van der Waals surface area contributed by atoms with Crippen LogP contribution in [0.2, 0.25) is 0 Å². The van der Waals surface area contributed by atoms with Gasteiger partial charge >= 0.3 is 0 Å². The van der Waals surface area contributed by atoms with E-state index in [0.717, 1.165) is 5.56 Å². The van der Waals surface area contributed by atoms with Crippen molar-refractivity contribution in [1.29, 1.82) is 0 Å². The fraction of sp³-hybridized carbons (Fsp3) is 0.391. The van der Waals surface area contributed by atoms with Gasteiger partial charge in [0, 0.05) is 30.5 Å². The second kappa shape index (κ2) is 9.24. The van der Waals surface area contributed by atoms with Gasteiger partial charge in [0.15, 0.2) is 24.1 Å². The Morgan fingerprint density at radius 2 is 2.10 bits per heavy atom. The molecule has 8 heteroatoms. The van der Waals surface area contributed by atoms with Crippen LogP contribution < -0.4 is 4.74 Å². The molecule has 1 fully saturated rings. The van der Waals surface area contributed by atoms with Gasteiger partial charge < -0.3 is 19.3 Å². The molecule has 0 spiro atoms. The van der Waals surface area contributed by atoms with Crippen molar-refractivity contribution in [1.82, 2.24) is 4.98 Å². The van der Waals surface area contributed by atoms with Gasteiger partial charge in [-0.25, -0.2) is 4.39 Å². The molecule has 6 nitrogen and oxygen atoms in total. The summed E-state index contributed by atoms with van der Waals surface area (Å²) in [6, 6.07) is 6.34. The molecule has 31 heavy (non-hydrogen) atoms. The number of nitrogens with zero attached hydrogens (tertiary/aromatic N) is 1. The first-order valence-corrected chi connectivity index (χ1v) is 9.90. The zero-order chi connectivity index (χ0) is 21.3. The maximum atomic E-state index is 14.6. The smallest absolute Gasteiger partial charge is 0.189 e. The molecule has 4 rings (SSSR count). The zero-order valence-corrected chi connectivity index (χ0v) is 18.2. The van der Waals surface area contributed by atoms with Crippen molar-refractivity contribution in [3.05, 3.63) is 65.4 Å². The monoisotopic (exact) mass is 449 g/mol. The summed E-state index contributed by atoms with van der Waals surface area (Å²) in [4.78, 5) is 16.7. The second-order valence-electron chi connectivity index (χ2n) is 7.89. The Morgan fingerprint density at radius 1 is 1.35 bits per heavy atom. The largest absolute Gasteiger partial charge is 0.504 e. The van der Waals surface area contributed by atoms with Crippen molar-refractivity contribution >= 4 is 18.2 Å². The Balaban J connectivity index is 0.00000272. The number of phenolic OH excluding ortho intramolecular Hbond substituents is 1. The van der Waals surface area contributed by atoms with E-state index in [0.29, 0.717) is 30.6 Å². The minimum atomic E-state index is -0.812. The summed E-state index contributed by atoms with van der Waals surface area (Å²) in [7, 11) is 1.37. The lowest BCUT2D eigenvalue weighted by Crippen LogP contribution is -2.45. The number of carbonyl (C=O) groups excluding carboxylic acids is 1. The van der Waals surface area contributed by atoms with Gasteiger partial charge in [-0.15, -0.1) is 12.4 Å². The number of hydrogen-bond donors (Lipinski definition) is 1. The number of ketones is 1. The minimum Gasteiger partial charge on any atom is -0.504 e. The third-order valence-corrected chi connectivity index (χ3v) is 6.07. The van der Waals surface area contributed by atoms with E-state index in [-0.39, 0.29) is 48.3 Å². The highest BCUT2D eigenvalue weighted by atomic mass is 35.5. The first-order valence-electron chi connectivity index (χ1n) is 9.90. The summed E-state index contributed by atoms with van der Waals surface area (Å²) < 4.78 is 31.2. The number of carbonyl (C=O) groups is 1. The molecule has 0 unspecified atom stereocenters. The van der Waals surface area contributed by atoms with E-state index >= 15 is 0 Å². The van der Waals surface area contributed by atoms with Crippen molar-refractivity contribution in [2.75, 3.05) is 13.9 Å².